The Balaban J connectivity index is -0.000000191. The molecule has 0 aromatic heterocycles. The van der Waals surface area contributed by atoms with Crippen LogP contribution in [-0.4, -0.2) is 79.5 Å². The minimum absolute atomic E-state index is 0. The van der Waals surface area contributed by atoms with Crippen LogP contribution in [0.4, 0.5) is 26.3 Å². The molecule has 2 unspecified atom stereocenters. The van der Waals surface area contributed by atoms with Crippen LogP contribution in [0.5, 0.6) is 0 Å². The molecule has 0 amide bonds. The monoisotopic (exact) mass is 814 g/mol. The van der Waals surface area contributed by atoms with E-state index in [9.17, 15) is 60.0 Å². The van der Waals surface area contributed by atoms with E-state index in [1.807, 2.05) is 31.8 Å². The van der Waals surface area contributed by atoms with Gasteiger partial charge in [-0.3, -0.25) is 0 Å². The van der Waals surface area contributed by atoms with Crippen LogP contribution in [0.3, 0.4) is 0 Å². The molecule has 0 N–H and O–H groups in total. The van der Waals surface area contributed by atoms with Gasteiger partial charge in [0.25, 0.3) is 0 Å². The molecule has 0 bridgehead atoms. The summed E-state index contributed by atoms with van der Waals surface area (Å²) in [5.74, 6) is -0.135. The molecule has 0 aliphatic heterocycles. The minimum atomic E-state index is -6.12. The van der Waals surface area contributed by atoms with Gasteiger partial charge in [0.2, 0.25) is 0 Å². The predicted octanol–water partition coefficient (Wildman–Crippen LogP) is 0.219. The molecule has 46 heavy (non-hydrogen) atoms. The van der Waals surface area contributed by atoms with Gasteiger partial charge in [-0.15, -0.1) is 0 Å². The molecule has 12 nitrogen and oxygen atoms in total. The maximum Gasteiger partial charge on any atom is 1.00 e. The Kier molecular flexibility index (Phi) is 29.6. The van der Waals surface area contributed by atoms with Gasteiger partial charge in [-0.25, -0.2) is 42.3 Å². The van der Waals surface area contributed by atoms with Gasteiger partial charge in [-0.2, -0.15) is 26.3 Å². The second-order valence-electron chi connectivity index (χ2n) is 9.68. The van der Waals surface area contributed by atoms with Crippen LogP contribution in [0, 0.1) is 11.8 Å². The van der Waals surface area contributed by atoms with Crippen molar-refractivity contribution in [2.24, 2.45) is 11.8 Å². The number of halogens is 6. The topological polar surface area (TPSA) is 171 Å². The van der Waals surface area contributed by atoms with Crippen LogP contribution in [0.15, 0.2) is 0 Å². The first-order valence-corrected chi connectivity index (χ1v) is 19.6. The van der Waals surface area contributed by atoms with Crippen LogP contribution in [0.25, 0.3) is 8.25 Å². The molecule has 272 valence electrons. The van der Waals surface area contributed by atoms with Gasteiger partial charge in [0, 0.05) is 26.2 Å². The molecule has 0 aliphatic carbocycles. The quantitative estimate of drug-likeness (QED) is 0.124. The first-order chi connectivity index (χ1) is 19.8. The average Bonchev–Trinajstić information content (AvgIpc) is 2.86. The Morgan fingerprint density at radius 2 is 0.848 bits per heavy atom. The summed E-state index contributed by atoms with van der Waals surface area (Å²) >= 11 is 0. The fraction of sp³-hybridized carbons (Fsp3) is 1.00. The number of alkyl halides is 6. The summed E-state index contributed by atoms with van der Waals surface area (Å²) in [7, 11) is -21.9. The molecular formula is C22H46F6K2N4O8S4-2. The van der Waals surface area contributed by atoms with E-state index < -0.39 is 51.5 Å². The Hall–Kier alpha value is 2.49. The summed E-state index contributed by atoms with van der Waals surface area (Å²) in [6.07, 6.45) is 6.25. The van der Waals surface area contributed by atoms with Crippen molar-refractivity contribution in [3.05, 3.63) is 8.25 Å². The number of nitrogens with zero attached hydrogens (tertiary/aromatic N) is 4. The molecule has 0 radical (unpaired) electrons. The van der Waals surface area contributed by atoms with E-state index in [4.69, 9.17) is 0 Å². The van der Waals surface area contributed by atoms with Crippen LogP contribution in [0.1, 0.15) is 95.8 Å². The van der Waals surface area contributed by atoms with E-state index in [1.165, 1.54) is 13.8 Å². The Labute approximate surface area is 359 Å². The zero-order valence-electron chi connectivity index (χ0n) is 29.6. The third-order valence-corrected chi connectivity index (χ3v) is 12.7. The fourth-order valence-electron chi connectivity index (χ4n) is 3.65. The van der Waals surface area contributed by atoms with Crippen LogP contribution in [-0.2, 0) is 40.5 Å². The molecule has 0 saturated heterocycles. The molecule has 0 heterocycles. The fourth-order valence-corrected chi connectivity index (χ4v) is 8.52. The van der Waals surface area contributed by atoms with E-state index in [2.05, 4.69) is 4.13 Å². The Morgan fingerprint density at radius 3 is 1.07 bits per heavy atom. The van der Waals surface area contributed by atoms with E-state index in [0.29, 0.717) is 17.1 Å². The molecule has 0 saturated carbocycles. The zero-order chi connectivity index (χ0) is 35.2. The number of rotatable bonds is 20. The Bertz CT molecular complexity index is 1260. The summed E-state index contributed by atoms with van der Waals surface area (Å²) in [5, 5.41) is 0. The van der Waals surface area contributed by atoms with Gasteiger partial charge in [0.1, 0.15) is 20.4 Å². The summed E-state index contributed by atoms with van der Waals surface area (Å²) in [5.41, 5.74) is -11.5. The molecule has 0 spiro atoms. The van der Waals surface area contributed by atoms with E-state index >= 15 is 0 Å². The van der Waals surface area contributed by atoms with Crippen molar-refractivity contribution in [1.82, 2.24) is 8.61 Å². The molecule has 0 aromatic carbocycles. The van der Waals surface area contributed by atoms with Gasteiger partial charge in [-0.1, -0.05) is 80.1 Å². The largest absolute Gasteiger partial charge is 1.00 e. The van der Waals surface area contributed by atoms with Gasteiger partial charge in [0.15, 0.2) is 20.0 Å². The van der Waals surface area contributed by atoms with Crippen molar-refractivity contribution in [2.75, 3.05) is 26.2 Å². The third-order valence-electron chi connectivity index (χ3n) is 6.34. The van der Waals surface area contributed by atoms with E-state index in [0.717, 1.165) is 42.8 Å². The van der Waals surface area contributed by atoms with Crippen molar-refractivity contribution >= 4 is 40.5 Å². The van der Waals surface area contributed by atoms with Crippen LogP contribution >= 0.6 is 0 Å². The van der Waals surface area contributed by atoms with E-state index in [1.54, 1.807) is 0 Å². The van der Waals surface area contributed by atoms with Crippen molar-refractivity contribution in [3.8, 4) is 0 Å². The second-order valence-corrected chi connectivity index (χ2v) is 16.5. The molecule has 0 aliphatic rings. The molecule has 0 aromatic rings. The molecule has 0 rings (SSSR count). The van der Waals surface area contributed by atoms with Crippen molar-refractivity contribution in [1.29, 1.82) is 0 Å². The van der Waals surface area contributed by atoms with Gasteiger partial charge in [-0.05, 0) is 24.7 Å². The number of sulfonamides is 2. The normalized spacial score (nSPS) is 14.6. The minimum Gasteiger partial charge on any atom is -1.00 e. The van der Waals surface area contributed by atoms with Crippen LogP contribution in [0.2, 0.25) is 0 Å². The standard InChI is InChI=1S/C17H34F3N2O4S2.C5H10F3N2O4S2.2K.2H/c1-5-9-11-15(7-3)13-22(14-16(8-4)12-10-6-2)28(25,26)21-27(23,24)17(18,19)20;1-3-10(4-2)16(13,14)9-15(11,12)5(6,7)8;;;;/h15-16H,5-14H2,1-4H3;3-4H2,1-2H3;;;;/q2*-1;2*+1;2*-1. The first-order valence-electron chi connectivity index (χ1n) is 13.9. The maximum atomic E-state index is 12.7. The predicted molar refractivity (Wildman–Crippen MR) is 158 cm³/mol. The number of unbranched alkanes of at least 4 members (excludes halogenated alkanes) is 2. The van der Waals surface area contributed by atoms with Gasteiger partial charge in [0.05, 0.1) is 0 Å². The molecular weight excluding hydrogens is 769 g/mol. The van der Waals surface area contributed by atoms with Gasteiger partial charge < -0.3 is 11.1 Å². The summed E-state index contributed by atoms with van der Waals surface area (Å²) in [6, 6.07) is 0. The second kappa shape index (κ2) is 24.7. The van der Waals surface area contributed by atoms with Crippen LogP contribution < -0.4 is 103 Å². The molecule has 2 atom stereocenters. The zero-order valence-corrected chi connectivity index (χ0v) is 37.1. The molecule has 0 fully saturated rings. The third kappa shape index (κ3) is 20.5. The summed E-state index contributed by atoms with van der Waals surface area (Å²) in [4.78, 5) is 0. The number of hydrogen-bond donors (Lipinski definition) is 0. The summed E-state index contributed by atoms with van der Waals surface area (Å²) in [6.45, 7) is 10.0. The Morgan fingerprint density at radius 1 is 0.565 bits per heavy atom. The van der Waals surface area contributed by atoms with Crippen molar-refractivity contribution in [3.63, 3.8) is 0 Å². The molecule has 24 heteroatoms. The summed E-state index contributed by atoms with van der Waals surface area (Å²) < 4.78 is 170. The van der Waals surface area contributed by atoms with E-state index in [-0.39, 0.29) is 144 Å². The van der Waals surface area contributed by atoms with Crippen molar-refractivity contribution < 1.29 is 166 Å². The van der Waals surface area contributed by atoms with Gasteiger partial charge >= 0.3 is 114 Å². The SMILES string of the molecule is CCCCC(CC)CN(CC(CC)CCCC)S(=O)(=O)[N-]S(=O)(=O)C(F)(F)F.CCN(CC)S(=O)(=O)[N-]S(=O)(=O)C(F)(F)F.[H-].[H-].[K+].[K+]. The van der Waals surface area contributed by atoms with Crippen molar-refractivity contribution in [2.45, 2.75) is 104 Å². The number of hydrogen-bond acceptors (Lipinski definition) is 8. The maximum absolute atomic E-state index is 12.7. The first kappa shape index (κ1) is 55.3. The average molecular weight is 815 g/mol. The smallest absolute Gasteiger partial charge is 1.00 e.